The van der Waals surface area contributed by atoms with Gasteiger partial charge in [-0.3, -0.25) is 20.4 Å². The van der Waals surface area contributed by atoms with Crippen LogP contribution in [-0.4, -0.2) is 48.9 Å². The van der Waals surface area contributed by atoms with Crippen LogP contribution in [0.2, 0.25) is 0 Å². The number of hydrogen-bond acceptors (Lipinski definition) is 4. The molecule has 7 heteroatoms. The molecule has 3 rings (SSSR count). The first-order valence-corrected chi connectivity index (χ1v) is 9.34. The summed E-state index contributed by atoms with van der Waals surface area (Å²) in [6, 6.07) is 6.60. The smallest absolute Gasteiger partial charge is 0.254 e. The van der Waals surface area contributed by atoms with Gasteiger partial charge in [-0.05, 0) is 30.9 Å². The van der Waals surface area contributed by atoms with Crippen molar-refractivity contribution < 1.29 is 14.0 Å². The molecule has 1 saturated heterocycles. The van der Waals surface area contributed by atoms with Crippen molar-refractivity contribution in [2.75, 3.05) is 20.1 Å². The number of nitrogens with zero attached hydrogens (tertiary/aromatic N) is 1. The zero-order valence-electron chi connectivity index (χ0n) is 15.1. The van der Waals surface area contributed by atoms with E-state index in [2.05, 4.69) is 16.2 Å². The predicted octanol–water partition coefficient (Wildman–Crippen LogP) is 1.44. The van der Waals surface area contributed by atoms with Crippen LogP contribution in [0.15, 0.2) is 24.3 Å². The first-order valence-electron chi connectivity index (χ1n) is 9.34. The number of carbonyl (C=O) groups excluding carboxylic acids is 2. The fraction of sp³-hybridized carbons (Fsp3) is 0.579. The summed E-state index contributed by atoms with van der Waals surface area (Å²) in [5.74, 6) is -0.514. The van der Waals surface area contributed by atoms with Gasteiger partial charge in [-0.2, -0.15) is 0 Å². The first kappa shape index (κ1) is 18.8. The lowest BCUT2D eigenvalue weighted by Gasteiger charge is -2.29. The lowest BCUT2D eigenvalue weighted by molar-refractivity contribution is -0.130. The van der Waals surface area contributed by atoms with Crippen LogP contribution in [0.5, 0.6) is 0 Å². The molecule has 142 valence electrons. The molecule has 6 nitrogen and oxygen atoms in total. The number of carbonyl (C=O) groups is 2. The monoisotopic (exact) mass is 362 g/mol. The summed E-state index contributed by atoms with van der Waals surface area (Å²) in [6.07, 6.45) is 5.09. The van der Waals surface area contributed by atoms with E-state index in [-0.39, 0.29) is 30.5 Å². The Morgan fingerprint density at radius 1 is 1.23 bits per heavy atom. The lowest BCUT2D eigenvalue weighted by Crippen LogP contribution is -2.44. The molecule has 0 bridgehead atoms. The fourth-order valence-corrected chi connectivity index (χ4v) is 3.93. The summed E-state index contributed by atoms with van der Waals surface area (Å²) in [7, 11) is 1.79. The molecule has 1 saturated carbocycles. The zero-order valence-corrected chi connectivity index (χ0v) is 15.1. The van der Waals surface area contributed by atoms with Crippen LogP contribution in [-0.2, 0) is 4.79 Å². The molecule has 3 unspecified atom stereocenters. The number of rotatable bonds is 6. The number of hydrogen-bond donors (Lipinski definition) is 3. The summed E-state index contributed by atoms with van der Waals surface area (Å²) in [5.41, 5.74) is 6.68. The van der Waals surface area contributed by atoms with E-state index in [4.69, 9.17) is 0 Å². The summed E-state index contributed by atoms with van der Waals surface area (Å²) in [6.45, 7) is 0.840. The summed E-state index contributed by atoms with van der Waals surface area (Å²) < 4.78 is 13.6. The molecule has 1 aromatic rings. The third-order valence-electron chi connectivity index (χ3n) is 5.43. The zero-order chi connectivity index (χ0) is 18.5. The third-order valence-corrected chi connectivity index (χ3v) is 5.43. The van der Waals surface area contributed by atoms with E-state index < -0.39 is 11.7 Å². The van der Waals surface area contributed by atoms with E-state index in [0.717, 1.165) is 0 Å². The maximum atomic E-state index is 13.6. The molecule has 2 aliphatic rings. The molecule has 1 aliphatic carbocycles. The van der Waals surface area contributed by atoms with Crippen molar-refractivity contribution in [2.24, 2.45) is 5.92 Å². The highest BCUT2D eigenvalue weighted by atomic mass is 19.1. The van der Waals surface area contributed by atoms with Crippen molar-refractivity contribution in [3.8, 4) is 0 Å². The summed E-state index contributed by atoms with van der Waals surface area (Å²) in [4.78, 5) is 26.0. The second-order valence-corrected chi connectivity index (χ2v) is 7.21. The standard InChI is InChI=1S/C19H27FN4O2/c1-24(12-17-14-7-3-5-9-16(14)22-23-17)18(25)10-11-21-19(26)13-6-2-4-8-15(13)20/h2,4,6,8,14,16-17,22-23H,3,5,7,9-12H2,1H3,(H,21,26). The average Bonchev–Trinajstić information content (AvgIpc) is 3.05. The number of halogens is 1. The second kappa shape index (κ2) is 8.60. The Kier molecular flexibility index (Phi) is 6.21. The molecule has 1 aromatic carbocycles. The normalized spacial score (nSPS) is 24.8. The summed E-state index contributed by atoms with van der Waals surface area (Å²) >= 11 is 0. The third kappa shape index (κ3) is 4.40. The van der Waals surface area contributed by atoms with Crippen molar-refractivity contribution >= 4 is 11.8 Å². The minimum absolute atomic E-state index is 0.00197. The molecule has 0 radical (unpaired) electrons. The molecule has 1 aliphatic heterocycles. The van der Waals surface area contributed by atoms with Gasteiger partial charge in [-0.15, -0.1) is 0 Å². The topological polar surface area (TPSA) is 73.5 Å². The van der Waals surface area contributed by atoms with Crippen molar-refractivity contribution in [1.29, 1.82) is 0 Å². The van der Waals surface area contributed by atoms with Crippen molar-refractivity contribution in [1.82, 2.24) is 21.1 Å². The van der Waals surface area contributed by atoms with Crippen LogP contribution >= 0.6 is 0 Å². The highest BCUT2D eigenvalue weighted by molar-refractivity contribution is 5.94. The Morgan fingerprint density at radius 3 is 2.81 bits per heavy atom. The Hall–Kier alpha value is -1.99. The first-order chi connectivity index (χ1) is 12.6. The molecule has 3 atom stereocenters. The van der Waals surface area contributed by atoms with Crippen molar-refractivity contribution in [2.45, 2.75) is 44.2 Å². The largest absolute Gasteiger partial charge is 0.351 e. The van der Waals surface area contributed by atoms with E-state index in [1.54, 1.807) is 18.0 Å². The van der Waals surface area contributed by atoms with E-state index in [9.17, 15) is 14.0 Å². The van der Waals surface area contributed by atoms with E-state index in [0.29, 0.717) is 18.5 Å². The molecular formula is C19H27FN4O2. The minimum atomic E-state index is -0.560. The average molecular weight is 362 g/mol. The maximum Gasteiger partial charge on any atom is 0.254 e. The van der Waals surface area contributed by atoms with Crippen LogP contribution in [0.4, 0.5) is 4.39 Å². The molecule has 0 spiro atoms. The molecule has 0 aromatic heterocycles. The fourth-order valence-electron chi connectivity index (χ4n) is 3.93. The van der Waals surface area contributed by atoms with Gasteiger partial charge < -0.3 is 10.2 Å². The van der Waals surface area contributed by atoms with Gasteiger partial charge in [-0.25, -0.2) is 4.39 Å². The number of nitrogens with one attached hydrogen (secondary N) is 3. The minimum Gasteiger partial charge on any atom is -0.351 e. The molecule has 3 N–H and O–H groups in total. The van der Waals surface area contributed by atoms with Gasteiger partial charge in [0.25, 0.3) is 5.91 Å². The van der Waals surface area contributed by atoms with Crippen LogP contribution in [0, 0.1) is 11.7 Å². The SMILES string of the molecule is CN(CC1NNC2CCCCC21)C(=O)CCNC(=O)c1ccccc1F. The number of amides is 2. The van der Waals surface area contributed by atoms with E-state index >= 15 is 0 Å². The van der Waals surface area contributed by atoms with E-state index in [1.165, 1.54) is 43.9 Å². The van der Waals surface area contributed by atoms with Gasteiger partial charge >= 0.3 is 0 Å². The van der Waals surface area contributed by atoms with Gasteiger partial charge in [0.1, 0.15) is 5.82 Å². The molecule has 2 fully saturated rings. The second-order valence-electron chi connectivity index (χ2n) is 7.21. The molecular weight excluding hydrogens is 335 g/mol. The number of likely N-dealkylation sites (N-methyl/N-ethyl adjacent to an activating group) is 1. The van der Waals surface area contributed by atoms with Crippen LogP contribution in [0.25, 0.3) is 0 Å². The van der Waals surface area contributed by atoms with Gasteiger partial charge in [0.2, 0.25) is 5.91 Å². The van der Waals surface area contributed by atoms with Gasteiger partial charge in [0.15, 0.2) is 0 Å². The lowest BCUT2D eigenvalue weighted by atomic mass is 9.81. The highest BCUT2D eigenvalue weighted by Crippen LogP contribution is 2.30. The van der Waals surface area contributed by atoms with Crippen molar-refractivity contribution in [3.63, 3.8) is 0 Å². The van der Waals surface area contributed by atoms with Crippen molar-refractivity contribution in [3.05, 3.63) is 35.6 Å². The van der Waals surface area contributed by atoms with Gasteiger partial charge in [0, 0.05) is 38.6 Å². The Morgan fingerprint density at radius 2 is 2.00 bits per heavy atom. The van der Waals surface area contributed by atoms with E-state index in [1.807, 2.05) is 0 Å². The Labute approximate surface area is 153 Å². The number of fused-ring (bicyclic) bond motifs is 1. The number of hydrazine groups is 1. The molecule has 26 heavy (non-hydrogen) atoms. The van der Waals surface area contributed by atoms with Gasteiger partial charge in [-0.1, -0.05) is 25.0 Å². The van der Waals surface area contributed by atoms with Crippen LogP contribution < -0.4 is 16.2 Å². The molecule has 2 amide bonds. The summed E-state index contributed by atoms with van der Waals surface area (Å²) in [5, 5.41) is 2.61. The number of benzene rings is 1. The van der Waals surface area contributed by atoms with Crippen LogP contribution in [0.3, 0.4) is 0 Å². The predicted molar refractivity (Wildman–Crippen MR) is 96.8 cm³/mol. The molecule has 1 heterocycles. The maximum absolute atomic E-state index is 13.6. The van der Waals surface area contributed by atoms with Crippen LogP contribution in [0.1, 0.15) is 42.5 Å². The van der Waals surface area contributed by atoms with Gasteiger partial charge in [0.05, 0.1) is 5.56 Å². The highest BCUT2D eigenvalue weighted by Gasteiger charge is 2.37. The quantitative estimate of drug-likeness (QED) is 0.716. The Bertz CT molecular complexity index is 654. The Balaban J connectivity index is 1.42.